The van der Waals surface area contributed by atoms with Gasteiger partial charge in [-0.3, -0.25) is 0 Å². The van der Waals surface area contributed by atoms with Crippen LogP contribution in [0, 0.1) is 0 Å². The molecule has 5 nitrogen and oxygen atoms in total. The summed E-state index contributed by atoms with van der Waals surface area (Å²) in [7, 11) is 1.39. The molecule has 0 aromatic carbocycles. The first-order valence-electron chi connectivity index (χ1n) is 5.50. The molecule has 5 heteroatoms. The number of carbonyl (C=O) groups is 1. The lowest BCUT2D eigenvalue weighted by molar-refractivity contribution is -0.0595. The van der Waals surface area contributed by atoms with Gasteiger partial charge in [0.25, 0.3) is 0 Å². The minimum atomic E-state index is -0.325. The number of rotatable bonds is 4. The average Bonchev–Trinajstić information content (AvgIpc) is 2.65. The van der Waals surface area contributed by atoms with Crippen LogP contribution < -0.4 is 0 Å². The molecular formula is C11H16N2O3. The second-order valence-corrected chi connectivity index (χ2v) is 3.82. The van der Waals surface area contributed by atoms with E-state index in [9.17, 15) is 4.79 Å². The first-order chi connectivity index (χ1) is 7.76. The summed E-state index contributed by atoms with van der Waals surface area (Å²) >= 11 is 0. The SMILES string of the molecule is CCc1ncn(C[C@@H]2CCO2)c1C(=O)OC. The van der Waals surface area contributed by atoms with Gasteiger partial charge in [0.05, 0.1) is 31.8 Å². The predicted molar refractivity (Wildman–Crippen MR) is 57.3 cm³/mol. The zero-order valence-electron chi connectivity index (χ0n) is 9.60. The van der Waals surface area contributed by atoms with Gasteiger partial charge in [-0.25, -0.2) is 9.78 Å². The maximum Gasteiger partial charge on any atom is 0.356 e. The highest BCUT2D eigenvalue weighted by Gasteiger charge is 2.23. The van der Waals surface area contributed by atoms with E-state index in [1.54, 1.807) is 6.33 Å². The second-order valence-electron chi connectivity index (χ2n) is 3.82. The van der Waals surface area contributed by atoms with E-state index in [2.05, 4.69) is 4.98 Å². The minimum Gasteiger partial charge on any atom is -0.464 e. The van der Waals surface area contributed by atoms with Crippen molar-refractivity contribution in [3.8, 4) is 0 Å². The number of methoxy groups -OCH3 is 1. The fourth-order valence-corrected chi connectivity index (χ4v) is 1.80. The van der Waals surface area contributed by atoms with Gasteiger partial charge in [0.1, 0.15) is 0 Å². The number of aryl methyl sites for hydroxylation is 1. The van der Waals surface area contributed by atoms with Crippen molar-refractivity contribution in [2.24, 2.45) is 0 Å². The summed E-state index contributed by atoms with van der Waals surface area (Å²) in [4.78, 5) is 15.9. The first kappa shape index (κ1) is 11.1. The third-order valence-corrected chi connectivity index (χ3v) is 2.82. The topological polar surface area (TPSA) is 53.4 Å². The molecule has 1 aliphatic heterocycles. The van der Waals surface area contributed by atoms with Crippen LogP contribution in [0.25, 0.3) is 0 Å². The summed E-state index contributed by atoms with van der Waals surface area (Å²) in [6.07, 6.45) is 3.66. The number of hydrogen-bond acceptors (Lipinski definition) is 4. The summed E-state index contributed by atoms with van der Waals surface area (Å²) < 4.78 is 11.9. The standard InChI is InChI=1S/C11H16N2O3/c1-3-9-10(11(14)15-2)13(7-12-9)6-8-4-5-16-8/h7-8H,3-6H2,1-2H3/t8-/m0/s1. The number of nitrogens with zero attached hydrogens (tertiary/aromatic N) is 2. The summed E-state index contributed by atoms with van der Waals surface area (Å²) in [5.74, 6) is -0.325. The Morgan fingerprint density at radius 2 is 2.50 bits per heavy atom. The number of aromatic nitrogens is 2. The lowest BCUT2D eigenvalue weighted by Gasteiger charge is -2.27. The third-order valence-electron chi connectivity index (χ3n) is 2.82. The van der Waals surface area contributed by atoms with Crippen molar-refractivity contribution < 1.29 is 14.3 Å². The molecule has 0 amide bonds. The molecule has 2 heterocycles. The van der Waals surface area contributed by atoms with Gasteiger partial charge in [0.2, 0.25) is 0 Å². The van der Waals surface area contributed by atoms with Crippen molar-refractivity contribution in [1.29, 1.82) is 0 Å². The molecule has 0 spiro atoms. The highest BCUT2D eigenvalue weighted by Crippen LogP contribution is 2.17. The molecular weight excluding hydrogens is 208 g/mol. The summed E-state index contributed by atoms with van der Waals surface area (Å²) in [6.45, 7) is 3.46. The molecule has 1 atom stereocenters. The Balaban J connectivity index is 2.21. The quantitative estimate of drug-likeness (QED) is 0.716. The second kappa shape index (κ2) is 4.65. The van der Waals surface area contributed by atoms with E-state index >= 15 is 0 Å². The van der Waals surface area contributed by atoms with Crippen LogP contribution in [0.15, 0.2) is 6.33 Å². The van der Waals surface area contributed by atoms with Crippen molar-refractivity contribution in [3.05, 3.63) is 17.7 Å². The molecule has 1 aliphatic rings. The third kappa shape index (κ3) is 1.95. The van der Waals surface area contributed by atoms with Gasteiger partial charge in [-0.1, -0.05) is 6.92 Å². The molecule has 16 heavy (non-hydrogen) atoms. The van der Waals surface area contributed by atoms with Crippen LogP contribution in [0.3, 0.4) is 0 Å². The van der Waals surface area contributed by atoms with E-state index in [1.165, 1.54) is 7.11 Å². The maximum atomic E-state index is 11.6. The number of hydrogen-bond donors (Lipinski definition) is 0. The van der Waals surface area contributed by atoms with E-state index in [4.69, 9.17) is 9.47 Å². The molecule has 0 bridgehead atoms. The summed E-state index contributed by atoms with van der Waals surface area (Å²) in [6, 6.07) is 0. The minimum absolute atomic E-state index is 0.210. The molecule has 0 unspecified atom stereocenters. The van der Waals surface area contributed by atoms with Crippen molar-refractivity contribution in [1.82, 2.24) is 9.55 Å². The Morgan fingerprint density at radius 3 is 3.00 bits per heavy atom. The van der Waals surface area contributed by atoms with Crippen LogP contribution in [-0.2, 0) is 22.4 Å². The van der Waals surface area contributed by atoms with Gasteiger partial charge >= 0.3 is 5.97 Å². The van der Waals surface area contributed by atoms with E-state index < -0.39 is 0 Å². The smallest absolute Gasteiger partial charge is 0.356 e. The van der Waals surface area contributed by atoms with E-state index in [1.807, 2.05) is 11.5 Å². The number of carbonyl (C=O) groups excluding carboxylic acids is 1. The van der Waals surface area contributed by atoms with Gasteiger partial charge in [-0.2, -0.15) is 0 Å². The Kier molecular flexibility index (Phi) is 3.24. The molecule has 1 aromatic heterocycles. The molecule has 88 valence electrons. The predicted octanol–water partition coefficient (Wildman–Crippen LogP) is 1.02. The number of ether oxygens (including phenoxy) is 2. The normalized spacial score (nSPS) is 19.2. The molecule has 2 rings (SSSR count). The van der Waals surface area contributed by atoms with Gasteiger partial charge in [-0.05, 0) is 12.8 Å². The van der Waals surface area contributed by atoms with Gasteiger partial charge in [-0.15, -0.1) is 0 Å². The molecule has 1 fully saturated rings. The van der Waals surface area contributed by atoms with Crippen molar-refractivity contribution in [2.45, 2.75) is 32.4 Å². The lowest BCUT2D eigenvalue weighted by atomic mass is 10.2. The molecule has 0 aliphatic carbocycles. The zero-order valence-corrected chi connectivity index (χ0v) is 9.60. The van der Waals surface area contributed by atoms with Crippen LogP contribution in [-0.4, -0.2) is 35.3 Å². The summed E-state index contributed by atoms with van der Waals surface area (Å²) in [5.41, 5.74) is 1.34. The molecule has 1 aromatic rings. The lowest BCUT2D eigenvalue weighted by Crippen LogP contribution is -2.32. The fraction of sp³-hybridized carbons (Fsp3) is 0.636. The van der Waals surface area contributed by atoms with Gasteiger partial charge < -0.3 is 14.0 Å². The Hall–Kier alpha value is -1.36. The molecule has 1 saturated heterocycles. The largest absolute Gasteiger partial charge is 0.464 e. The van der Waals surface area contributed by atoms with Crippen molar-refractivity contribution in [2.75, 3.05) is 13.7 Å². The van der Waals surface area contributed by atoms with Crippen molar-refractivity contribution in [3.63, 3.8) is 0 Å². The van der Waals surface area contributed by atoms with Crippen LogP contribution in [0.4, 0.5) is 0 Å². The molecule has 0 saturated carbocycles. The van der Waals surface area contributed by atoms with Gasteiger partial charge in [0.15, 0.2) is 5.69 Å². The zero-order chi connectivity index (χ0) is 11.5. The number of imidazole rings is 1. The fourth-order valence-electron chi connectivity index (χ4n) is 1.80. The van der Waals surface area contributed by atoms with Crippen LogP contribution >= 0.6 is 0 Å². The maximum absolute atomic E-state index is 11.6. The average molecular weight is 224 g/mol. The van der Waals surface area contributed by atoms with E-state index in [-0.39, 0.29) is 12.1 Å². The highest BCUT2D eigenvalue weighted by molar-refractivity contribution is 5.88. The molecule has 0 N–H and O–H groups in total. The Labute approximate surface area is 94.4 Å². The highest BCUT2D eigenvalue weighted by atomic mass is 16.5. The van der Waals surface area contributed by atoms with Crippen LogP contribution in [0.1, 0.15) is 29.5 Å². The Bertz CT molecular complexity index is 383. The van der Waals surface area contributed by atoms with Gasteiger partial charge in [0, 0.05) is 6.61 Å². The Morgan fingerprint density at radius 1 is 1.75 bits per heavy atom. The van der Waals surface area contributed by atoms with Crippen molar-refractivity contribution >= 4 is 5.97 Å². The van der Waals surface area contributed by atoms with E-state index in [0.29, 0.717) is 12.2 Å². The number of esters is 1. The van der Waals surface area contributed by atoms with Crippen LogP contribution in [0.2, 0.25) is 0 Å². The molecule has 0 radical (unpaired) electrons. The first-order valence-corrected chi connectivity index (χ1v) is 5.50. The van der Waals surface area contributed by atoms with Crippen LogP contribution in [0.5, 0.6) is 0 Å². The monoisotopic (exact) mass is 224 g/mol. The summed E-state index contributed by atoms with van der Waals surface area (Å²) in [5, 5.41) is 0. The van der Waals surface area contributed by atoms with E-state index in [0.717, 1.165) is 25.1 Å².